The highest BCUT2D eigenvalue weighted by Gasteiger charge is 2.28. The second-order valence-corrected chi connectivity index (χ2v) is 5.60. The summed E-state index contributed by atoms with van der Waals surface area (Å²) in [7, 11) is 0. The van der Waals surface area contributed by atoms with E-state index in [9.17, 15) is 4.79 Å². The number of hydrogen-bond acceptors (Lipinski definition) is 6. The van der Waals surface area contributed by atoms with Crippen molar-refractivity contribution >= 4 is 39.2 Å². The predicted molar refractivity (Wildman–Crippen MR) is 81.4 cm³/mol. The highest BCUT2D eigenvalue weighted by Crippen LogP contribution is 2.30. The fourth-order valence-electron chi connectivity index (χ4n) is 2.37. The Kier molecular flexibility index (Phi) is 3.43. The largest absolute Gasteiger partial charge is 0.354 e. The van der Waals surface area contributed by atoms with Gasteiger partial charge in [0.2, 0.25) is 11.9 Å². The third-order valence-corrected chi connectivity index (χ3v) is 4.22. The van der Waals surface area contributed by atoms with E-state index in [-0.39, 0.29) is 11.9 Å². The number of piperazine rings is 1. The van der Waals surface area contributed by atoms with Crippen LogP contribution in [-0.4, -0.2) is 41.6 Å². The summed E-state index contributed by atoms with van der Waals surface area (Å²) in [4.78, 5) is 23.9. The van der Waals surface area contributed by atoms with E-state index in [1.807, 2.05) is 25.3 Å². The second-order valence-electron chi connectivity index (χ2n) is 4.70. The highest BCUT2D eigenvalue weighted by atomic mass is 32.1. The molecular weight excluding hydrogens is 274 g/mol. The smallest absolute Gasteiger partial charge is 0.242 e. The van der Waals surface area contributed by atoms with Crippen LogP contribution in [0.2, 0.25) is 0 Å². The van der Waals surface area contributed by atoms with Crippen LogP contribution in [0.15, 0.2) is 11.4 Å². The highest BCUT2D eigenvalue weighted by molar-refractivity contribution is 7.16. The molecule has 2 aromatic heterocycles. The zero-order chi connectivity index (χ0) is 14.1. The van der Waals surface area contributed by atoms with Crippen LogP contribution in [-0.2, 0) is 4.79 Å². The number of thiophene rings is 1. The van der Waals surface area contributed by atoms with Gasteiger partial charge in [0.15, 0.2) is 0 Å². The molecule has 1 aliphatic heterocycles. The number of amides is 1. The van der Waals surface area contributed by atoms with Gasteiger partial charge < -0.3 is 15.5 Å². The van der Waals surface area contributed by atoms with Crippen molar-refractivity contribution in [2.24, 2.45) is 0 Å². The van der Waals surface area contributed by atoms with Crippen LogP contribution in [0.4, 0.5) is 11.8 Å². The van der Waals surface area contributed by atoms with Crippen LogP contribution in [0.1, 0.15) is 13.8 Å². The summed E-state index contributed by atoms with van der Waals surface area (Å²) >= 11 is 1.59. The van der Waals surface area contributed by atoms with Crippen molar-refractivity contribution in [1.82, 2.24) is 15.3 Å². The average molecular weight is 291 g/mol. The van der Waals surface area contributed by atoms with Gasteiger partial charge in [-0.05, 0) is 25.3 Å². The van der Waals surface area contributed by atoms with Gasteiger partial charge in [0, 0.05) is 19.6 Å². The Balaban J connectivity index is 2.08. The minimum atomic E-state index is -0.212. The lowest BCUT2D eigenvalue weighted by Gasteiger charge is -2.34. The minimum absolute atomic E-state index is 0.0447. The van der Waals surface area contributed by atoms with E-state index in [1.54, 1.807) is 11.3 Å². The Morgan fingerprint density at radius 3 is 3.20 bits per heavy atom. The predicted octanol–water partition coefficient (Wildman–Crippen LogP) is 1.45. The zero-order valence-corrected chi connectivity index (χ0v) is 12.3. The normalized spacial score (nSPS) is 19.2. The van der Waals surface area contributed by atoms with Gasteiger partial charge in [-0.15, -0.1) is 11.3 Å². The van der Waals surface area contributed by atoms with Gasteiger partial charge in [0.05, 0.1) is 5.39 Å². The lowest BCUT2D eigenvalue weighted by atomic mass is 10.2. The summed E-state index contributed by atoms with van der Waals surface area (Å²) in [6.07, 6.45) is 0. The summed E-state index contributed by atoms with van der Waals surface area (Å²) in [5.41, 5.74) is 0. The minimum Gasteiger partial charge on any atom is -0.354 e. The van der Waals surface area contributed by atoms with Crippen LogP contribution < -0.4 is 15.5 Å². The standard InChI is InChI=1S/C13H17N5OS/c1-3-14-13-16-10(9-4-7-20-12(9)17-13)18-6-5-15-11(19)8(18)2/h4,7-8H,3,5-6H2,1-2H3,(H,15,19)(H,14,16,17). The number of fused-ring (bicyclic) bond motifs is 1. The first-order valence-electron chi connectivity index (χ1n) is 6.74. The monoisotopic (exact) mass is 291 g/mol. The molecule has 0 radical (unpaired) electrons. The maximum absolute atomic E-state index is 11.9. The summed E-state index contributed by atoms with van der Waals surface area (Å²) < 4.78 is 0. The average Bonchev–Trinajstić information content (AvgIpc) is 2.90. The molecular formula is C13H17N5OS. The van der Waals surface area contributed by atoms with Gasteiger partial charge in [0.25, 0.3) is 0 Å². The van der Waals surface area contributed by atoms with Gasteiger partial charge in [-0.2, -0.15) is 4.98 Å². The third-order valence-electron chi connectivity index (χ3n) is 3.41. The molecule has 3 heterocycles. The third kappa shape index (κ3) is 2.18. The molecule has 106 valence electrons. The maximum atomic E-state index is 11.9. The molecule has 6 nitrogen and oxygen atoms in total. The Labute approximate surface area is 121 Å². The first-order valence-corrected chi connectivity index (χ1v) is 7.62. The molecule has 0 spiro atoms. The summed E-state index contributed by atoms with van der Waals surface area (Å²) in [6.45, 7) is 6.10. The molecule has 1 amide bonds. The first-order chi connectivity index (χ1) is 9.70. The molecule has 3 rings (SSSR count). The maximum Gasteiger partial charge on any atom is 0.242 e. The van der Waals surface area contributed by atoms with E-state index in [0.717, 1.165) is 29.1 Å². The van der Waals surface area contributed by atoms with Crippen LogP contribution >= 0.6 is 11.3 Å². The van der Waals surface area contributed by atoms with E-state index in [2.05, 4.69) is 25.5 Å². The Morgan fingerprint density at radius 1 is 1.55 bits per heavy atom. The summed E-state index contributed by atoms with van der Waals surface area (Å²) in [5.74, 6) is 1.51. The number of aromatic nitrogens is 2. The van der Waals surface area contributed by atoms with E-state index >= 15 is 0 Å². The van der Waals surface area contributed by atoms with Crippen molar-refractivity contribution in [2.75, 3.05) is 29.9 Å². The number of carbonyl (C=O) groups excluding carboxylic acids is 1. The van der Waals surface area contributed by atoms with Gasteiger partial charge in [-0.3, -0.25) is 4.79 Å². The topological polar surface area (TPSA) is 70.2 Å². The molecule has 7 heteroatoms. The Bertz CT molecular complexity index is 641. The Hall–Kier alpha value is -1.89. The van der Waals surface area contributed by atoms with Crippen LogP contribution in [0.3, 0.4) is 0 Å². The van der Waals surface area contributed by atoms with Crippen molar-refractivity contribution in [3.8, 4) is 0 Å². The van der Waals surface area contributed by atoms with Crippen LogP contribution in [0, 0.1) is 0 Å². The second kappa shape index (κ2) is 5.24. The van der Waals surface area contributed by atoms with Gasteiger partial charge in [0.1, 0.15) is 16.7 Å². The van der Waals surface area contributed by atoms with Crippen molar-refractivity contribution in [3.63, 3.8) is 0 Å². The molecule has 1 saturated heterocycles. The van der Waals surface area contributed by atoms with Crippen molar-refractivity contribution in [1.29, 1.82) is 0 Å². The van der Waals surface area contributed by atoms with E-state index < -0.39 is 0 Å². The number of hydrogen-bond donors (Lipinski definition) is 2. The molecule has 0 saturated carbocycles. The first kappa shape index (κ1) is 13.1. The van der Waals surface area contributed by atoms with Crippen molar-refractivity contribution in [2.45, 2.75) is 19.9 Å². The molecule has 2 N–H and O–H groups in total. The molecule has 2 aromatic rings. The van der Waals surface area contributed by atoms with Crippen LogP contribution in [0.5, 0.6) is 0 Å². The molecule has 1 atom stereocenters. The fraction of sp³-hybridized carbons (Fsp3) is 0.462. The van der Waals surface area contributed by atoms with Gasteiger partial charge in [-0.25, -0.2) is 4.98 Å². The molecule has 20 heavy (non-hydrogen) atoms. The molecule has 0 aliphatic carbocycles. The number of nitrogens with zero attached hydrogens (tertiary/aromatic N) is 3. The van der Waals surface area contributed by atoms with Gasteiger partial charge in [-0.1, -0.05) is 0 Å². The van der Waals surface area contributed by atoms with E-state index in [0.29, 0.717) is 12.5 Å². The van der Waals surface area contributed by atoms with E-state index in [1.165, 1.54) is 0 Å². The fourth-order valence-corrected chi connectivity index (χ4v) is 3.13. The van der Waals surface area contributed by atoms with Crippen molar-refractivity contribution in [3.05, 3.63) is 11.4 Å². The summed E-state index contributed by atoms with van der Waals surface area (Å²) in [6, 6.07) is 1.81. The lowest BCUT2D eigenvalue weighted by molar-refractivity contribution is -0.122. The number of anilines is 2. The molecule has 1 unspecified atom stereocenters. The van der Waals surface area contributed by atoms with Gasteiger partial charge >= 0.3 is 0 Å². The SMILES string of the molecule is CCNc1nc(N2CCNC(=O)C2C)c2ccsc2n1. The number of carbonyl (C=O) groups is 1. The molecule has 1 fully saturated rings. The lowest BCUT2D eigenvalue weighted by Crippen LogP contribution is -2.54. The van der Waals surface area contributed by atoms with Crippen LogP contribution in [0.25, 0.3) is 10.2 Å². The van der Waals surface area contributed by atoms with Crippen molar-refractivity contribution < 1.29 is 4.79 Å². The number of nitrogens with one attached hydrogen (secondary N) is 2. The molecule has 0 bridgehead atoms. The molecule has 1 aliphatic rings. The summed E-state index contributed by atoms with van der Waals surface area (Å²) in [5, 5.41) is 9.05. The number of rotatable bonds is 3. The quantitative estimate of drug-likeness (QED) is 0.895. The van der Waals surface area contributed by atoms with E-state index in [4.69, 9.17) is 0 Å². The molecule has 0 aromatic carbocycles. The zero-order valence-electron chi connectivity index (χ0n) is 11.5. The Morgan fingerprint density at radius 2 is 2.40 bits per heavy atom.